The molecule has 3 rings (SSSR count). The van der Waals surface area contributed by atoms with E-state index in [4.69, 9.17) is 4.74 Å². The van der Waals surface area contributed by atoms with Gasteiger partial charge in [0.15, 0.2) is 11.5 Å². The first-order valence-corrected chi connectivity index (χ1v) is 6.40. The van der Waals surface area contributed by atoms with E-state index in [2.05, 4.69) is 15.0 Å². The zero-order valence-corrected chi connectivity index (χ0v) is 12.0. The van der Waals surface area contributed by atoms with Gasteiger partial charge >= 0.3 is 0 Å². The molecule has 0 radical (unpaired) electrons. The highest BCUT2D eigenvalue weighted by atomic mass is 16.5. The second-order valence-electron chi connectivity index (χ2n) is 4.90. The van der Waals surface area contributed by atoms with Crippen LogP contribution in [0.1, 0.15) is 11.1 Å². The molecule has 1 aromatic carbocycles. The third kappa shape index (κ3) is 1.91. The van der Waals surface area contributed by atoms with Crippen molar-refractivity contribution in [2.75, 3.05) is 7.11 Å². The Kier molecular flexibility index (Phi) is 2.89. The smallest absolute Gasteiger partial charge is 0.181 e. The van der Waals surface area contributed by atoms with Crippen LogP contribution in [0.3, 0.4) is 0 Å². The average Bonchev–Trinajstić information content (AvgIpc) is 2.79. The molecule has 3 aromatic rings. The normalized spacial score (nSPS) is 11.0. The molecule has 0 unspecified atom stereocenters. The van der Waals surface area contributed by atoms with Gasteiger partial charge in [-0.2, -0.15) is 0 Å². The van der Waals surface area contributed by atoms with Gasteiger partial charge in [-0.3, -0.25) is 0 Å². The largest absolute Gasteiger partial charge is 0.496 e. The SMILES string of the molecule is COc1c(C)cc(-c2ncc3c(ncn3C)n2)cc1C. The number of aryl methyl sites for hydroxylation is 3. The van der Waals surface area contributed by atoms with Crippen molar-refractivity contribution in [2.24, 2.45) is 7.05 Å². The number of methoxy groups -OCH3 is 1. The summed E-state index contributed by atoms with van der Waals surface area (Å²) in [6, 6.07) is 4.08. The van der Waals surface area contributed by atoms with E-state index in [9.17, 15) is 0 Å². The van der Waals surface area contributed by atoms with Crippen molar-refractivity contribution >= 4 is 11.2 Å². The molecular weight excluding hydrogens is 252 g/mol. The van der Waals surface area contributed by atoms with Crippen LogP contribution in [0.4, 0.5) is 0 Å². The van der Waals surface area contributed by atoms with E-state index in [-0.39, 0.29) is 0 Å². The monoisotopic (exact) mass is 268 g/mol. The summed E-state index contributed by atoms with van der Waals surface area (Å²) in [5.41, 5.74) is 4.77. The molecule has 0 bridgehead atoms. The van der Waals surface area contributed by atoms with Gasteiger partial charge in [0.1, 0.15) is 11.3 Å². The van der Waals surface area contributed by atoms with Gasteiger partial charge in [-0.25, -0.2) is 15.0 Å². The second-order valence-corrected chi connectivity index (χ2v) is 4.90. The number of fused-ring (bicyclic) bond motifs is 1. The molecular formula is C15H16N4O. The minimum absolute atomic E-state index is 0.685. The molecule has 0 saturated heterocycles. The lowest BCUT2D eigenvalue weighted by Crippen LogP contribution is -1.95. The van der Waals surface area contributed by atoms with Gasteiger partial charge in [0, 0.05) is 12.6 Å². The van der Waals surface area contributed by atoms with Crippen LogP contribution in [0.25, 0.3) is 22.6 Å². The van der Waals surface area contributed by atoms with E-state index in [0.29, 0.717) is 11.5 Å². The quantitative estimate of drug-likeness (QED) is 0.717. The van der Waals surface area contributed by atoms with Crippen LogP contribution < -0.4 is 4.74 Å². The third-order valence-electron chi connectivity index (χ3n) is 3.41. The number of aromatic nitrogens is 4. The molecule has 0 spiro atoms. The molecule has 0 N–H and O–H groups in total. The van der Waals surface area contributed by atoms with Crippen LogP contribution in [0.5, 0.6) is 5.75 Å². The Morgan fingerprint density at radius 3 is 2.45 bits per heavy atom. The topological polar surface area (TPSA) is 52.8 Å². The second kappa shape index (κ2) is 4.59. The molecule has 102 valence electrons. The van der Waals surface area contributed by atoms with E-state index < -0.39 is 0 Å². The Morgan fingerprint density at radius 1 is 1.10 bits per heavy atom. The molecule has 0 saturated carbocycles. The molecule has 20 heavy (non-hydrogen) atoms. The molecule has 5 heteroatoms. The summed E-state index contributed by atoms with van der Waals surface area (Å²) in [6.07, 6.45) is 3.55. The van der Waals surface area contributed by atoms with E-state index in [1.54, 1.807) is 19.6 Å². The number of benzene rings is 1. The van der Waals surface area contributed by atoms with Crippen molar-refractivity contribution in [3.63, 3.8) is 0 Å². The van der Waals surface area contributed by atoms with Crippen molar-refractivity contribution in [2.45, 2.75) is 13.8 Å². The van der Waals surface area contributed by atoms with Gasteiger partial charge in [0.2, 0.25) is 0 Å². The predicted molar refractivity (Wildman–Crippen MR) is 77.8 cm³/mol. The van der Waals surface area contributed by atoms with Crippen LogP contribution >= 0.6 is 0 Å². The van der Waals surface area contributed by atoms with Crippen molar-refractivity contribution < 1.29 is 4.74 Å². The highest BCUT2D eigenvalue weighted by Crippen LogP contribution is 2.28. The fraction of sp³-hybridized carbons (Fsp3) is 0.267. The van der Waals surface area contributed by atoms with Crippen molar-refractivity contribution in [1.29, 1.82) is 0 Å². The van der Waals surface area contributed by atoms with E-state index in [1.165, 1.54) is 0 Å². The number of hydrogen-bond acceptors (Lipinski definition) is 4. The maximum Gasteiger partial charge on any atom is 0.181 e. The first kappa shape index (κ1) is 12.6. The van der Waals surface area contributed by atoms with Gasteiger partial charge in [-0.05, 0) is 37.1 Å². The summed E-state index contributed by atoms with van der Waals surface area (Å²) in [4.78, 5) is 13.2. The zero-order valence-electron chi connectivity index (χ0n) is 12.0. The first-order valence-electron chi connectivity index (χ1n) is 6.40. The minimum Gasteiger partial charge on any atom is -0.496 e. The number of imidazole rings is 1. The van der Waals surface area contributed by atoms with Crippen LogP contribution in [0.2, 0.25) is 0 Å². The first-order chi connectivity index (χ1) is 9.60. The highest BCUT2D eigenvalue weighted by Gasteiger charge is 2.10. The fourth-order valence-corrected chi connectivity index (χ4v) is 2.45. The number of hydrogen-bond donors (Lipinski definition) is 0. The van der Waals surface area contributed by atoms with Crippen LogP contribution in [-0.2, 0) is 7.05 Å². The number of rotatable bonds is 2. The average molecular weight is 268 g/mol. The summed E-state index contributed by atoms with van der Waals surface area (Å²) in [6.45, 7) is 4.04. The molecule has 5 nitrogen and oxygen atoms in total. The van der Waals surface area contributed by atoms with Crippen LogP contribution in [-0.4, -0.2) is 26.6 Å². The Labute approximate surface area is 117 Å². The molecule has 2 heterocycles. The highest BCUT2D eigenvalue weighted by molar-refractivity contribution is 5.73. The fourth-order valence-electron chi connectivity index (χ4n) is 2.45. The van der Waals surface area contributed by atoms with Crippen molar-refractivity contribution in [3.05, 3.63) is 35.8 Å². The predicted octanol–water partition coefficient (Wildman–Crippen LogP) is 2.66. The van der Waals surface area contributed by atoms with Gasteiger partial charge < -0.3 is 9.30 Å². The lowest BCUT2D eigenvalue weighted by atomic mass is 10.1. The summed E-state index contributed by atoms with van der Waals surface area (Å²) in [5, 5.41) is 0. The Hall–Kier alpha value is -2.43. The van der Waals surface area contributed by atoms with Gasteiger partial charge in [-0.15, -0.1) is 0 Å². The molecule has 0 aliphatic rings. The molecule has 0 aliphatic carbocycles. The van der Waals surface area contributed by atoms with Gasteiger partial charge in [-0.1, -0.05) is 0 Å². The summed E-state index contributed by atoms with van der Waals surface area (Å²) < 4.78 is 7.29. The van der Waals surface area contributed by atoms with Crippen LogP contribution in [0.15, 0.2) is 24.7 Å². The Balaban J connectivity index is 2.15. The van der Waals surface area contributed by atoms with Crippen molar-refractivity contribution in [3.8, 4) is 17.1 Å². The van der Waals surface area contributed by atoms with Crippen molar-refractivity contribution in [1.82, 2.24) is 19.5 Å². The molecule has 0 amide bonds. The maximum absolute atomic E-state index is 5.38. The lowest BCUT2D eigenvalue weighted by molar-refractivity contribution is 0.408. The van der Waals surface area contributed by atoms with Crippen LogP contribution in [0, 0.1) is 13.8 Å². The zero-order chi connectivity index (χ0) is 14.3. The Bertz CT molecular complexity index is 769. The maximum atomic E-state index is 5.38. The Morgan fingerprint density at radius 2 is 1.80 bits per heavy atom. The molecule has 0 atom stereocenters. The minimum atomic E-state index is 0.685. The molecule has 2 aromatic heterocycles. The van der Waals surface area contributed by atoms with E-state index >= 15 is 0 Å². The molecule has 0 aliphatic heterocycles. The molecule has 0 fully saturated rings. The standard InChI is InChI=1S/C15H16N4O/c1-9-5-11(6-10(2)13(9)20-4)14-16-7-12-15(18-14)17-8-19(12)3/h5-8H,1-4H3. The van der Waals surface area contributed by atoms with Gasteiger partial charge in [0.25, 0.3) is 0 Å². The third-order valence-corrected chi connectivity index (χ3v) is 3.41. The summed E-state index contributed by atoms with van der Waals surface area (Å²) in [5.74, 6) is 1.60. The van der Waals surface area contributed by atoms with E-state index in [1.807, 2.05) is 37.6 Å². The van der Waals surface area contributed by atoms with E-state index in [0.717, 1.165) is 28.0 Å². The summed E-state index contributed by atoms with van der Waals surface area (Å²) in [7, 11) is 3.62. The summed E-state index contributed by atoms with van der Waals surface area (Å²) >= 11 is 0. The number of nitrogens with zero attached hydrogens (tertiary/aromatic N) is 4. The van der Waals surface area contributed by atoms with Gasteiger partial charge in [0.05, 0.1) is 19.6 Å². The number of ether oxygens (including phenoxy) is 1. The lowest BCUT2D eigenvalue weighted by Gasteiger charge is -2.10.